The monoisotopic (exact) mass is 285 g/mol. The van der Waals surface area contributed by atoms with Crippen molar-refractivity contribution in [2.45, 2.75) is 39.2 Å². The zero-order valence-electron chi connectivity index (χ0n) is 12.3. The van der Waals surface area contributed by atoms with E-state index in [-0.39, 0.29) is 11.7 Å². The van der Waals surface area contributed by atoms with Gasteiger partial charge in [-0.3, -0.25) is 9.78 Å². The molecule has 0 saturated heterocycles. The van der Waals surface area contributed by atoms with Gasteiger partial charge in [0.2, 0.25) is 5.95 Å². The summed E-state index contributed by atoms with van der Waals surface area (Å²) in [5.41, 5.74) is 2.49. The van der Waals surface area contributed by atoms with E-state index in [1.165, 1.54) is 0 Å². The van der Waals surface area contributed by atoms with Crippen LogP contribution in [0.5, 0.6) is 5.75 Å². The third kappa shape index (κ3) is 2.91. The summed E-state index contributed by atoms with van der Waals surface area (Å²) < 4.78 is 5.76. The molecule has 0 spiro atoms. The van der Waals surface area contributed by atoms with Crippen molar-refractivity contribution in [3.63, 3.8) is 0 Å². The second kappa shape index (κ2) is 5.60. The van der Waals surface area contributed by atoms with Gasteiger partial charge in [-0.25, -0.2) is 4.98 Å². The second-order valence-corrected chi connectivity index (χ2v) is 5.48. The first-order valence-corrected chi connectivity index (χ1v) is 7.28. The van der Waals surface area contributed by atoms with E-state index in [9.17, 15) is 4.79 Å². The molecule has 1 aliphatic rings. The summed E-state index contributed by atoms with van der Waals surface area (Å²) in [4.78, 5) is 19.3. The molecule has 0 fully saturated rings. The molecule has 2 aromatic rings. The van der Waals surface area contributed by atoms with Crippen LogP contribution >= 0.6 is 0 Å². The fourth-order valence-corrected chi connectivity index (χ4v) is 2.56. The first-order chi connectivity index (χ1) is 10.1. The number of anilines is 2. The Kier molecular flexibility index (Phi) is 3.64. The van der Waals surface area contributed by atoms with Gasteiger partial charge in [0.05, 0.1) is 17.5 Å². The number of nitrogens with zero attached hydrogens (tertiary/aromatic N) is 1. The average molecular weight is 285 g/mol. The number of aryl methyl sites for hydroxylation is 1. The number of nitrogens with one attached hydrogen (secondary N) is 2. The standard InChI is InChI=1S/C16H19N3O2/c1-10(2)21-14-9-4-3-7-13(14)18-16-17-12-8-5-6-11(12)15(20)19-16/h3-4,7,9-10H,5-6,8H2,1-2H3,(H2,17,18,19,20). The summed E-state index contributed by atoms with van der Waals surface area (Å²) in [6, 6.07) is 7.64. The minimum absolute atomic E-state index is 0.0396. The molecule has 1 heterocycles. The molecule has 5 nitrogen and oxygen atoms in total. The van der Waals surface area contributed by atoms with Gasteiger partial charge in [0, 0.05) is 5.56 Å². The summed E-state index contributed by atoms with van der Waals surface area (Å²) in [7, 11) is 0. The van der Waals surface area contributed by atoms with Gasteiger partial charge in [-0.05, 0) is 45.2 Å². The molecule has 1 aliphatic carbocycles. The number of ether oxygens (including phenoxy) is 1. The molecule has 0 amide bonds. The number of aromatic amines is 1. The Bertz CT molecular complexity index is 707. The van der Waals surface area contributed by atoms with E-state index in [4.69, 9.17) is 4.74 Å². The van der Waals surface area contributed by atoms with Crippen LogP contribution in [0.25, 0.3) is 0 Å². The van der Waals surface area contributed by atoms with Crippen molar-refractivity contribution in [1.82, 2.24) is 9.97 Å². The lowest BCUT2D eigenvalue weighted by atomic mass is 10.2. The van der Waals surface area contributed by atoms with Crippen molar-refractivity contribution in [3.05, 3.63) is 45.9 Å². The van der Waals surface area contributed by atoms with Crippen LogP contribution in [0, 0.1) is 0 Å². The van der Waals surface area contributed by atoms with Crippen molar-refractivity contribution >= 4 is 11.6 Å². The normalized spacial score (nSPS) is 13.3. The first-order valence-electron chi connectivity index (χ1n) is 7.28. The Labute approximate surface area is 123 Å². The summed E-state index contributed by atoms with van der Waals surface area (Å²) >= 11 is 0. The fraction of sp³-hybridized carbons (Fsp3) is 0.375. The van der Waals surface area contributed by atoms with Crippen LogP contribution in [0.3, 0.4) is 0 Å². The molecule has 0 atom stereocenters. The molecule has 0 aliphatic heterocycles. The van der Waals surface area contributed by atoms with Gasteiger partial charge in [-0.1, -0.05) is 12.1 Å². The lowest BCUT2D eigenvalue weighted by Gasteiger charge is -2.15. The van der Waals surface area contributed by atoms with Gasteiger partial charge in [0.1, 0.15) is 5.75 Å². The van der Waals surface area contributed by atoms with E-state index in [0.29, 0.717) is 5.95 Å². The van der Waals surface area contributed by atoms with Crippen LogP contribution in [0.2, 0.25) is 0 Å². The molecule has 0 saturated carbocycles. The molecular formula is C16H19N3O2. The van der Waals surface area contributed by atoms with Crippen LogP contribution in [-0.4, -0.2) is 16.1 Å². The number of fused-ring (bicyclic) bond motifs is 1. The van der Waals surface area contributed by atoms with Crippen molar-refractivity contribution in [2.75, 3.05) is 5.32 Å². The Morgan fingerprint density at radius 1 is 1.29 bits per heavy atom. The number of benzene rings is 1. The summed E-state index contributed by atoms with van der Waals surface area (Å²) in [5, 5.41) is 3.16. The van der Waals surface area contributed by atoms with Crippen LogP contribution in [0.1, 0.15) is 31.5 Å². The highest BCUT2D eigenvalue weighted by Gasteiger charge is 2.17. The van der Waals surface area contributed by atoms with Gasteiger partial charge in [-0.15, -0.1) is 0 Å². The van der Waals surface area contributed by atoms with Crippen LogP contribution < -0.4 is 15.6 Å². The highest BCUT2D eigenvalue weighted by molar-refractivity contribution is 5.62. The Hall–Kier alpha value is -2.30. The highest BCUT2D eigenvalue weighted by atomic mass is 16.5. The lowest BCUT2D eigenvalue weighted by molar-refractivity contribution is 0.244. The Morgan fingerprint density at radius 3 is 2.90 bits per heavy atom. The molecule has 21 heavy (non-hydrogen) atoms. The highest BCUT2D eigenvalue weighted by Crippen LogP contribution is 2.27. The Morgan fingerprint density at radius 2 is 2.10 bits per heavy atom. The molecule has 1 aromatic heterocycles. The van der Waals surface area contributed by atoms with E-state index in [2.05, 4.69) is 15.3 Å². The predicted octanol–water partition coefficient (Wildman–Crippen LogP) is 2.79. The quantitative estimate of drug-likeness (QED) is 0.906. The number of rotatable bonds is 4. The topological polar surface area (TPSA) is 67.0 Å². The maximum absolute atomic E-state index is 12.0. The van der Waals surface area contributed by atoms with Crippen LogP contribution in [0.4, 0.5) is 11.6 Å². The van der Waals surface area contributed by atoms with Crippen molar-refractivity contribution < 1.29 is 4.74 Å². The molecule has 2 N–H and O–H groups in total. The SMILES string of the molecule is CC(C)Oc1ccccc1Nc1nc2c(c(=O)[nH]1)CCC2. The van der Waals surface area contributed by atoms with Crippen molar-refractivity contribution in [2.24, 2.45) is 0 Å². The van der Waals surface area contributed by atoms with Gasteiger partial charge in [-0.2, -0.15) is 0 Å². The minimum Gasteiger partial charge on any atom is -0.489 e. The zero-order chi connectivity index (χ0) is 14.8. The molecule has 0 unspecified atom stereocenters. The zero-order valence-corrected chi connectivity index (χ0v) is 12.3. The molecule has 3 rings (SSSR count). The van der Waals surface area contributed by atoms with E-state index >= 15 is 0 Å². The van der Waals surface area contributed by atoms with Crippen LogP contribution in [0.15, 0.2) is 29.1 Å². The number of aromatic nitrogens is 2. The molecule has 0 bridgehead atoms. The molecule has 5 heteroatoms. The number of H-pyrrole nitrogens is 1. The summed E-state index contributed by atoms with van der Waals surface area (Å²) in [6.07, 6.45) is 2.78. The lowest BCUT2D eigenvalue weighted by Crippen LogP contribution is -2.16. The average Bonchev–Trinajstić information content (AvgIpc) is 2.89. The number of hydrogen-bond donors (Lipinski definition) is 2. The van der Waals surface area contributed by atoms with Gasteiger partial charge < -0.3 is 10.1 Å². The minimum atomic E-state index is -0.0396. The van der Waals surface area contributed by atoms with Gasteiger partial charge >= 0.3 is 0 Å². The summed E-state index contributed by atoms with van der Waals surface area (Å²) in [6.45, 7) is 3.96. The largest absolute Gasteiger partial charge is 0.489 e. The second-order valence-electron chi connectivity index (χ2n) is 5.48. The van der Waals surface area contributed by atoms with E-state index in [1.807, 2.05) is 38.1 Å². The third-order valence-electron chi connectivity index (χ3n) is 3.44. The third-order valence-corrected chi connectivity index (χ3v) is 3.44. The van der Waals surface area contributed by atoms with Crippen LogP contribution in [-0.2, 0) is 12.8 Å². The first kappa shape index (κ1) is 13.7. The molecule has 110 valence electrons. The van der Waals surface area contributed by atoms with Gasteiger partial charge in [0.15, 0.2) is 0 Å². The number of hydrogen-bond acceptors (Lipinski definition) is 4. The number of para-hydroxylation sites is 2. The van der Waals surface area contributed by atoms with E-state index < -0.39 is 0 Å². The van der Waals surface area contributed by atoms with Crippen molar-refractivity contribution in [1.29, 1.82) is 0 Å². The smallest absolute Gasteiger partial charge is 0.255 e. The summed E-state index contributed by atoms with van der Waals surface area (Å²) in [5.74, 6) is 1.22. The van der Waals surface area contributed by atoms with E-state index in [0.717, 1.165) is 42.0 Å². The fourth-order valence-electron chi connectivity index (χ4n) is 2.56. The maximum atomic E-state index is 12.0. The molecule has 1 aromatic carbocycles. The predicted molar refractivity (Wildman–Crippen MR) is 82.4 cm³/mol. The maximum Gasteiger partial charge on any atom is 0.255 e. The van der Waals surface area contributed by atoms with Crippen molar-refractivity contribution in [3.8, 4) is 5.75 Å². The van der Waals surface area contributed by atoms with Gasteiger partial charge in [0.25, 0.3) is 5.56 Å². The molecular weight excluding hydrogens is 266 g/mol. The molecule has 0 radical (unpaired) electrons. The Balaban J connectivity index is 1.91. The van der Waals surface area contributed by atoms with E-state index in [1.54, 1.807) is 0 Å².